The molecule has 3 aliphatic rings. The molecule has 0 aliphatic heterocycles. The zero-order valence-corrected chi connectivity index (χ0v) is 13.7. The van der Waals surface area contributed by atoms with Gasteiger partial charge in [0.2, 0.25) is 5.91 Å². The van der Waals surface area contributed by atoms with Gasteiger partial charge in [-0.25, -0.2) is 0 Å². The van der Waals surface area contributed by atoms with Crippen LogP contribution in [0.1, 0.15) is 29.0 Å². The molecule has 5 atom stereocenters. The van der Waals surface area contributed by atoms with Crippen LogP contribution in [-0.4, -0.2) is 23.0 Å². The molecule has 0 saturated heterocycles. The van der Waals surface area contributed by atoms with Gasteiger partial charge >= 0.3 is 5.97 Å². The number of carbonyl (C=O) groups is 2. The predicted octanol–water partition coefficient (Wildman–Crippen LogP) is 2.48. The van der Waals surface area contributed by atoms with Crippen LogP contribution in [0.15, 0.2) is 54.6 Å². The van der Waals surface area contributed by atoms with E-state index < -0.39 is 17.3 Å². The van der Waals surface area contributed by atoms with Gasteiger partial charge in [-0.2, -0.15) is 0 Å². The van der Waals surface area contributed by atoms with Crippen LogP contribution in [-0.2, 0) is 21.4 Å². The van der Waals surface area contributed by atoms with E-state index >= 15 is 0 Å². The zero-order chi connectivity index (χ0) is 17.2. The van der Waals surface area contributed by atoms with E-state index in [1.807, 2.05) is 36.4 Å². The molecule has 2 N–H and O–H groups in total. The lowest BCUT2D eigenvalue weighted by molar-refractivity contribution is -0.142. The second-order valence-corrected chi connectivity index (χ2v) is 7.53. The van der Waals surface area contributed by atoms with Gasteiger partial charge in [-0.3, -0.25) is 9.59 Å². The minimum Gasteiger partial charge on any atom is -0.481 e. The van der Waals surface area contributed by atoms with Gasteiger partial charge in [0.05, 0.1) is 5.92 Å². The fourth-order valence-electron chi connectivity index (χ4n) is 4.81. The number of fused-ring (bicyclic) bond motifs is 3. The molecule has 0 radical (unpaired) electrons. The van der Waals surface area contributed by atoms with Gasteiger partial charge in [0.15, 0.2) is 0 Å². The molecule has 0 heterocycles. The normalized spacial score (nSPS) is 33.9. The third-order valence-electron chi connectivity index (χ3n) is 6.30. The van der Waals surface area contributed by atoms with Gasteiger partial charge in [-0.15, -0.1) is 0 Å². The molecule has 2 aromatic carbocycles. The molecule has 4 heteroatoms. The van der Waals surface area contributed by atoms with Crippen molar-refractivity contribution in [2.24, 2.45) is 11.8 Å². The lowest BCUT2D eigenvalue weighted by Gasteiger charge is -2.14. The Morgan fingerprint density at radius 1 is 1.04 bits per heavy atom. The van der Waals surface area contributed by atoms with Gasteiger partial charge in [0, 0.05) is 12.0 Å². The van der Waals surface area contributed by atoms with Crippen molar-refractivity contribution < 1.29 is 14.7 Å². The van der Waals surface area contributed by atoms with E-state index in [4.69, 9.17) is 0 Å². The fraction of sp³-hybridized carbons (Fsp3) is 0.333. The van der Waals surface area contributed by atoms with Crippen molar-refractivity contribution in [2.45, 2.75) is 30.2 Å². The van der Waals surface area contributed by atoms with E-state index in [1.54, 1.807) is 0 Å². The van der Waals surface area contributed by atoms with E-state index in [1.165, 1.54) is 11.1 Å². The third kappa shape index (κ3) is 2.00. The van der Waals surface area contributed by atoms with Gasteiger partial charge in [0.1, 0.15) is 5.41 Å². The first-order valence-electron chi connectivity index (χ1n) is 8.80. The number of hydrogen-bond donors (Lipinski definition) is 2. The summed E-state index contributed by atoms with van der Waals surface area (Å²) in [7, 11) is 0. The lowest BCUT2D eigenvalue weighted by atomic mass is 9.93. The molecule has 2 saturated carbocycles. The summed E-state index contributed by atoms with van der Waals surface area (Å²) in [6.07, 6.45) is 1.40. The number of carbonyl (C=O) groups excluding carboxylic acids is 1. The first-order chi connectivity index (χ1) is 12.1. The molecule has 1 amide bonds. The van der Waals surface area contributed by atoms with Gasteiger partial charge in [0.25, 0.3) is 0 Å². The minimum atomic E-state index is -1.05. The summed E-state index contributed by atoms with van der Waals surface area (Å²) in [6, 6.07) is 17.7. The smallest absolute Gasteiger partial charge is 0.314 e. The Morgan fingerprint density at radius 3 is 2.52 bits per heavy atom. The highest BCUT2D eigenvalue weighted by Gasteiger charge is 2.66. The molecule has 0 unspecified atom stereocenters. The average molecular weight is 333 g/mol. The van der Waals surface area contributed by atoms with Crippen molar-refractivity contribution in [3.05, 3.63) is 71.3 Å². The highest BCUT2D eigenvalue weighted by atomic mass is 16.4. The van der Waals surface area contributed by atoms with Gasteiger partial charge in [-0.05, 0) is 35.4 Å². The highest BCUT2D eigenvalue weighted by molar-refractivity contribution is 5.97. The van der Waals surface area contributed by atoms with Crippen molar-refractivity contribution in [1.29, 1.82) is 0 Å². The number of rotatable bonds is 4. The maximum Gasteiger partial charge on any atom is 0.314 e. The maximum atomic E-state index is 12.7. The van der Waals surface area contributed by atoms with E-state index in [0.717, 1.165) is 12.0 Å². The molecule has 25 heavy (non-hydrogen) atoms. The van der Waals surface area contributed by atoms with Crippen LogP contribution < -0.4 is 5.32 Å². The molecule has 2 aromatic rings. The monoisotopic (exact) mass is 333 g/mol. The summed E-state index contributed by atoms with van der Waals surface area (Å²) in [6.45, 7) is 0. The van der Waals surface area contributed by atoms with Crippen LogP contribution in [0.3, 0.4) is 0 Å². The molecular formula is C21H19NO3. The Hall–Kier alpha value is -2.62. The Morgan fingerprint density at radius 2 is 1.76 bits per heavy atom. The zero-order valence-electron chi connectivity index (χ0n) is 13.7. The number of aliphatic carboxylic acids is 1. The first-order valence-corrected chi connectivity index (χ1v) is 8.80. The molecule has 0 spiro atoms. The molecule has 0 bridgehead atoms. The summed E-state index contributed by atoms with van der Waals surface area (Å²) >= 11 is 0. The number of benzene rings is 2. The van der Waals surface area contributed by atoms with E-state index in [0.29, 0.717) is 18.3 Å². The summed E-state index contributed by atoms with van der Waals surface area (Å²) in [5, 5.41) is 12.9. The SMILES string of the molecule is O=C(N[C@@H]1[C@H]2Cc3ccccc3[C@H]21)[C@H]1C[C@]1(C(=O)O)c1ccccc1. The van der Waals surface area contributed by atoms with Gasteiger partial charge in [-0.1, -0.05) is 54.6 Å². The molecule has 5 rings (SSSR count). The first kappa shape index (κ1) is 14.7. The minimum absolute atomic E-state index is 0.108. The van der Waals surface area contributed by atoms with Crippen molar-refractivity contribution >= 4 is 11.9 Å². The van der Waals surface area contributed by atoms with Crippen LogP contribution in [0.4, 0.5) is 0 Å². The highest BCUT2D eigenvalue weighted by Crippen LogP contribution is 2.58. The van der Waals surface area contributed by atoms with E-state index in [-0.39, 0.29) is 11.9 Å². The Balaban J connectivity index is 1.32. The Bertz CT molecular complexity index is 878. The summed E-state index contributed by atoms with van der Waals surface area (Å²) in [5.41, 5.74) is 2.41. The lowest BCUT2D eigenvalue weighted by Crippen LogP contribution is -2.34. The summed E-state index contributed by atoms with van der Waals surface area (Å²) in [4.78, 5) is 24.6. The van der Waals surface area contributed by atoms with Crippen LogP contribution in [0.25, 0.3) is 0 Å². The second-order valence-electron chi connectivity index (χ2n) is 7.53. The largest absolute Gasteiger partial charge is 0.481 e. The molecule has 126 valence electrons. The summed E-state index contributed by atoms with van der Waals surface area (Å²) < 4.78 is 0. The number of amides is 1. The third-order valence-corrected chi connectivity index (χ3v) is 6.30. The molecular weight excluding hydrogens is 314 g/mol. The molecule has 0 aromatic heterocycles. The topological polar surface area (TPSA) is 66.4 Å². The van der Waals surface area contributed by atoms with Gasteiger partial charge < -0.3 is 10.4 Å². The Labute approximate surface area is 145 Å². The second kappa shape index (κ2) is 4.94. The van der Waals surface area contributed by atoms with Crippen molar-refractivity contribution in [1.82, 2.24) is 5.32 Å². The number of carboxylic acids is 1. The average Bonchev–Trinajstić information content (AvgIpc) is 3.49. The van der Waals surface area contributed by atoms with Crippen molar-refractivity contribution in [2.75, 3.05) is 0 Å². The summed E-state index contributed by atoms with van der Waals surface area (Å²) in [5.74, 6) is -0.585. The predicted molar refractivity (Wildman–Crippen MR) is 92.2 cm³/mol. The molecule has 4 nitrogen and oxygen atoms in total. The van der Waals surface area contributed by atoms with Crippen LogP contribution in [0, 0.1) is 11.8 Å². The van der Waals surface area contributed by atoms with E-state index in [2.05, 4.69) is 23.5 Å². The molecule has 3 aliphatic carbocycles. The van der Waals surface area contributed by atoms with Crippen LogP contribution >= 0.6 is 0 Å². The van der Waals surface area contributed by atoms with Crippen molar-refractivity contribution in [3.63, 3.8) is 0 Å². The van der Waals surface area contributed by atoms with Crippen LogP contribution in [0.5, 0.6) is 0 Å². The molecule has 2 fully saturated rings. The van der Waals surface area contributed by atoms with Crippen LogP contribution in [0.2, 0.25) is 0 Å². The Kier molecular flexibility index (Phi) is 2.91. The fourth-order valence-corrected chi connectivity index (χ4v) is 4.81. The standard InChI is InChI=1S/C21H19NO3/c23-19(16-11-21(16,20(24)25)13-7-2-1-3-8-13)22-18-15-10-12-6-4-5-9-14(12)17(15)18/h1-9,15-18H,10-11H2,(H,22,23)(H,24,25)/t15-,16+,17+,18+,21-/m0/s1. The number of carboxylic acid groups (broad SMARTS) is 1. The van der Waals surface area contributed by atoms with Crippen molar-refractivity contribution in [3.8, 4) is 0 Å². The maximum absolute atomic E-state index is 12.7. The number of hydrogen-bond acceptors (Lipinski definition) is 2. The quantitative estimate of drug-likeness (QED) is 0.903. The number of nitrogens with one attached hydrogen (secondary N) is 1. The van der Waals surface area contributed by atoms with E-state index in [9.17, 15) is 14.7 Å².